The van der Waals surface area contributed by atoms with Gasteiger partial charge in [0.25, 0.3) is 5.91 Å². The van der Waals surface area contributed by atoms with Crippen LogP contribution in [0.3, 0.4) is 0 Å². The first-order chi connectivity index (χ1) is 16.7. The van der Waals surface area contributed by atoms with Gasteiger partial charge in [0.15, 0.2) is 0 Å². The van der Waals surface area contributed by atoms with E-state index in [9.17, 15) is 22.4 Å². The number of carbonyl (C=O) groups is 1. The summed E-state index contributed by atoms with van der Waals surface area (Å²) in [5, 5.41) is 2.81. The molecular formula is C26H25F4N3O2. The molecule has 2 aromatic carbocycles. The molecule has 4 rings (SSSR count). The summed E-state index contributed by atoms with van der Waals surface area (Å²) < 4.78 is 61.2. The van der Waals surface area contributed by atoms with Crippen LogP contribution in [0.25, 0.3) is 22.4 Å². The van der Waals surface area contributed by atoms with Gasteiger partial charge in [0.2, 0.25) is 0 Å². The first kappa shape index (κ1) is 24.8. The first-order valence-corrected chi connectivity index (χ1v) is 11.2. The van der Waals surface area contributed by atoms with Crippen molar-refractivity contribution in [3.05, 3.63) is 77.2 Å². The van der Waals surface area contributed by atoms with Gasteiger partial charge in [0, 0.05) is 49.1 Å². The third-order valence-corrected chi connectivity index (χ3v) is 5.83. The number of alkyl halides is 3. The predicted molar refractivity (Wildman–Crippen MR) is 124 cm³/mol. The molecule has 1 aliphatic heterocycles. The molecule has 1 fully saturated rings. The Hall–Kier alpha value is -3.30. The van der Waals surface area contributed by atoms with E-state index in [2.05, 4.69) is 15.2 Å². The molecule has 1 aliphatic rings. The highest BCUT2D eigenvalue weighted by molar-refractivity contribution is 5.97. The molecule has 0 spiro atoms. The largest absolute Gasteiger partial charge is 0.417 e. The Labute approximate surface area is 200 Å². The van der Waals surface area contributed by atoms with E-state index >= 15 is 0 Å². The summed E-state index contributed by atoms with van der Waals surface area (Å²) >= 11 is 0. The Morgan fingerprint density at radius 3 is 2.51 bits per heavy atom. The molecule has 0 atom stereocenters. The van der Waals surface area contributed by atoms with Gasteiger partial charge in [-0.2, -0.15) is 13.2 Å². The number of nitrogens with one attached hydrogen (secondary N) is 1. The fourth-order valence-electron chi connectivity index (χ4n) is 4.00. The van der Waals surface area contributed by atoms with E-state index in [-0.39, 0.29) is 11.1 Å². The minimum Gasteiger partial charge on any atom is -0.379 e. The Kier molecular flexibility index (Phi) is 7.47. The van der Waals surface area contributed by atoms with Crippen LogP contribution in [0.1, 0.15) is 21.5 Å². The second-order valence-corrected chi connectivity index (χ2v) is 8.39. The lowest BCUT2D eigenvalue weighted by molar-refractivity contribution is -0.137. The molecule has 0 unspecified atom stereocenters. The molecule has 1 N–H and O–H groups in total. The van der Waals surface area contributed by atoms with Crippen molar-refractivity contribution >= 4 is 5.91 Å². The van der Waals surface area contributed by atoms with Gasteiger partial charge >= 0.3 is 6.18 Å². The molecular weight excluding hydrogens is 462 g/mol. The number of aromatic nitrogens is 1. The van der Waals surface area contributed by atoms with Gasteiger partial charge in [-0.15, -0.1) is 0 Å². The van der Waals surface area contributed by atoms with Gasteiger partial charge in [0.05, 0.1) is 24.5 Å². The van der Waals surface area contributed by atoms with E-state index in [4.69, 9.17) is 4.74 Å². The summed E-state index contributed by atoms with van der Waals surface area (Å²) in [6.45, 7) is 5.63. The van der Waals surface area contributed by atoms with Crippen molar-refractivity contribution in [3.8, 4) is 22.4 Å². The van der Waals surface area contributed by atoms with Crippen molar-refractivity contribution in [2.45, 2.75) is 13.1 Å². The predicted octanol–water partition coefficient (Wildman–Crippen LogP) is 4.94. The average molecular weight is 487 g/mol. The summed E-state index contributed by atoms with van der Waals surface area (Å²) in [6.07, 6.45) is -3.15. The summed E-state index contributed by atoms with van der Waals surface area (Å²) in [5.41, 5.74) is 0.148. The van der Waals surface area contributed by atoms with Crippen LogP contribution < -0.4 is 5.32 Å². The number of hydrogen-bond donors (Lipinski definition) is 1. The van der Waals surface area contributed by atoms with Gasteiger partial charge in [-0.25, -0.2) is 4.39 Å². The number of ether oxygens (including phenoxy) is 1. The van der Waals surface area contributed by atoms with Gasteiger partial charge in [0.1, 0.15) is 5.82 Å². The second kappa shape index (κ2) is 10.5. The third-order valence-electron chi connectivity index (χ3n) is 5.83. The normalized spacial score (nSPS) is 14.7. The highest BCUT2D eigenvalue weighted by Crippen LogP contribution is 2.39. The van der Waals surface area contributed by atoms with E-state index in [0.717, 1.165) is 36.9 Å². The highest BCUT2D eigenvalue weighted by atomic mass is 19.4. The standard InChI is InChI=1S/C26H25F4N3O2/c1-17-5-6-23(32-16-17)18-13-19(24-21(26(28,29)30)3-2-4-22(24)27)15-20(14-18)25(34)31-7-8-33-9-11-35-12-10-33/h2-6,13-16H,7-12H2,1H3,(H,31,34). The molecule has 0 saturated carbocycles. The third kappa shape index (κ3) is 6.04. The number of benzene rings is 2. The Morgan fingerprint density at radius 2 is 1.83 bits per heavy atom. The van der Waals surface area contributed by atoms with Gasteiger partial charge in [-0.3, -0.25) is 14.7 Å². The van der Waals surface area contributed by atoms with Crippen LogP contribution >= 0.6 is 0 Å². The Balaban J connectivity index is 1.71. The van der Waals surface area contributed by atoms with Gasteiger partial charge in [-0.05, 0) is 54.4 Å². The lowest BCUT2D eigenvalue weighted by Gasteiger charge is -2.26. The van der Waals surface area contributed by atoms with Gasteiger partial charge < -0.3 is 10.1 Å². The molecule has 5 nitrogen and oxygen atoms in total. The lowest BCUT2D eigenvalue weighted by Crippen LogP contribution is -2.41. The van der Waals surface area contributed by atoms with Crippen LogP contribution in [0, 0.1) is 12.7 Å². The fraction of sp³-hybridized carbons (Fsp3) is 0.308. The van der Waals surface area contributed by atoms with Crippen LogP contribution in [-0.4, -0.2) is 55.2 Å². The van der Waals surface area contributed by atoms with E-state index in [1.807, 2.05) is 6.92 Å². The fourth-order valence-corrected chi connectivity index (χ4v) is 4.00. The summed E-state index contributed by atoms with van der Waals surface area (Å²) in [6, 6.07) is 10.6. The molecule has 1 saturated heterocycles. The lowest BCUT2D eigenvalue weighted by atomic mass is 9.94. The number of hydrogen-bond acceptors (Lipinski definition) is 4. The van der Waals surface area contributed by atoms with Crippen molar-refractivity contribution in [1.82, 2.24) is 15.2 Å². The molecule has 2 heterocycles. The van der Waals surface area contributed by atoms with E-state index < -0.39 is 29.0 Å². The van der Waals surface area contributed by atoms with Crippen molar-refractivity contribution in [1.29, 1.82) is 0 Å². The van der Waals surface area contributed by atoms with Gasteiger partial charge in [-0.1, -0.05) is 12.1 Å². The van der Waals surface area contributed by atoms with E-state index in [1.54, 1.807) is 24.4 Å². The molecule has 1 amide bonds. The number of aryl methyl sites for hydroxylation is 1. The minimum absolute atomic E-state index is 0.0476. The van der Waals surface area contributed by atoms with E-state index in [1.165, 1.54) is 12.1 Å². The molecule has 0 radical (unpaired) electrons. The molecule has 184 valence electrons. The number of rotatable bonds is 6. The average Bonchev–Trinajstić information content (AvgIpc) is 2.84. The summed E-state index contributed by atoms with van der Waals surface area (Å²) in [7, 11) is 0. The Morgan fingerprint density at radius 1 is 1.09 bits per heavy atom. The minimum atomic E-state index is -4.77. The summed E-state index contributed by atoms with van der Waals surface area (Å²) in [4.78, 5) is 19.5. The molecule has 0 aliphatic carbocycles. The smallest absolute Gasteiger partial charge is 0.379 e. The Bertz CT molecular complexity index is 1190. The van der Waals surface area contributed by atoms with Crippen LogP contribution in [0.15, 0.2) is 54.7 Å². The maximum Gasteiger partial charge on any atom is 0.417 e. The number of halogens is 4. The molecule has 3 aromatic rings. The van der Waals surface area contributed by atoms with Crippen molar-refractivity contribution in [3.63, 3.8) is 0 Å². The summed E-state index contributed by atoms with van der Waals surface area (Å²) in [5.74, 6) is -1.48. The number of carbonyl (C=O) groups excluding carboxylic acids is 1. The number of morpholine rings is 1. The van der Waals surface area contributed by atoms with Crippen LogP contribution in [0.5, 0.6) is 0 Å². The maximum atomic E-state index is 14.8. The quantitative estimate of drug-likeness (QED) is 0.501. The van der Waals surface area contributed by atoms with Crippen molar-refractivity contribution in [2.24, 2.45) is 0 Å². The zero-order chi connectivity index (χ0) is 25.0. The molecule has 35 heavy (non-hydrogen) atoms. The topological polar surface area (TPSA) is 54.5 Å². The molecule has 0 bridgehead atoms. The second-order valence-electron chi connectivity index (χ2n) is 8.39. The number of nitrogens with zero attached hydrogens (tertiary/aromatic N) is 2. The zero-order valence-electron chi connectivity index (χ0n) is 19.2. The number of pyridine rings is 1. The van der Waals surface area contributed by atoms with Crippen LogP contribution in [-0.2, 0) is 10.9 Å². The SMILES string of the molecule is Cc1ccc(-c2cc(C(=O)NCCN3CCOCC3)cc(-c3c(F)cccc3C(F)(F)F)c2)nc1. The molecule has 1 aromatic heterocycles. The van der Waals surface area contributed by atoms with Crippen LogP contribution in [0.2, 0.25) is 0 Å². The van der Waals surface area contributed by atoms with Crippen molar-refractivity contribution in [2.75, 3.05) is 39.4 Å². The zero-order valence-corrected chi connectivity index (χ0v) is 19.2. The molecule has 9 heteroatoms. The number of amides is 1. The maximum absolute atomic E-state index is 14.8. The van der Waals surface area contributed by atoms with E-state index in [0.29, 0.717) is 37.6 Å². The monoisotopic (exact) mass is 487 g/mol. The highest BCUT2D eigenvalue weighted by Gasteiger charge is 2.35. The first-order valence-electron chi connectivity index (χ1n) is 11.2. The van der Waals surface area contributed by atoms with Crippen molar-refractivity contribution < 1.29 is 27.1 Å². The van der Waals surface area contributed by atoms with Crippen LogP contribution in [0.4, 0.5) is 17.6 Å².